The van der Waals surface area contributed by atoms with Gasteiger partial charge < -0.3 is 5.11 Å². The molecule has 1 heterocycles. The van der Waals surface area contributed by atoms with Crippen molar-refractivity contribution in [3.63, 3.8) is 0 Å². The number of aliphatic carboxylic acids is 1. The van der Waals surface area contributed by atoms with Gasteiger partial charge in [0.1, 0.15) is 0 Å². The topological polar surface area (TPSA) is 60.6 Å². The van der Waals surface area contributed by atoms with Crippen LogP contribution in [-0.4, -0.2) is 33.8 Å². The van der Waals surface area contributed by atoms with Crippen LogP contribution in [0.15, 0.2) is 97.2 Å². The van der Waals surface area contributed by atoms with Crippen molar-refractivity contribution in [2.45, 2.75) is 13.8 Å². The molecule has 0 aliphatic carbocycles. The Morgan fingerprint density at radius 1 is 0.939 bits per heavy atom. The van der Waals surface area contributed by atoms with Gasteiger partial charge in [0.05, 0.1) is 10.9 Å². The second-order valence-corrected chi connectivity index (χ2v) is 7.80. The smallest absolute Gasteiger partial charge is 0.370 e. The van der Waals surface area contributed by atoms with E-state index in [1.165, 1.54) is 6.92 Å². The molecule has 0 fully saturated rings. The molecule has 4 rings (SSSR count). The van der Waals surface area contributed by atoms with Gasteiger partial charge in [0.15, 0.2) is 0 Å². The summed E-state index contributed by atoms with van der Waals surface area (Å²) in [6.45, 7) is 3.47. The number of benzene rings is 3. The molecule has 1 amide bonds. The van der Waals surface area contributed by atoms with Crippen LogP contribution in [0.1, 0.15) is 18.1 Å². The lowest BCUT2D eigenvalue weighted by atomic mass is 9.99. The van der Waals surface area contributed by atoms with Gasteiger partial charge in [-0.25, -0.2) is 4.79 Å². The Labute approximate surface area is 192 Å². The molecule has 5 nitrogen and oxygen atoms in total. The Morgan fingerprint density at radius 3 is 2.42 bits per heavy atom. The summed E-state index contributed by atoms with van der Waals surface area (Å²) in [4.78, 5) is 25.1. The zero-order chi connectivity index (χ0) is 23.4. The van der Waals surface area contributed by atoms with Crippen LogP contribution >= 0.6 is 0 Å². The van der Waals surface area contributed by atoms with Crippen LogP contribution < -0.4 is 4.90 Å². The maximum Gasteiger partial charge on any atom is 0.370 e. The van der Waals surface area contributed by atoms with E-state index in [4.69, 9.17) is 0 Å². The summed E-state index contributed by atoms with van der Waals surface area (Å²) >= 11 is 0. The first-order valence-electron chi connectivity index (χ1n) is 10.7. The fourth-order valence-electron chi connectivity index (χ4n) is 4.11. The van der Waals surface area contributed by atoms with Gasteiger partial charge in [-0.1, -0.05) is 54.6 Å². The van der Waals surface area contributed by atoms with E-state index in [1.54, 1.807) is 17.2 Å². The van der Waals surface area contributed by atoms with Gasteiger partial charge in [0.25, 0.3) is 0 Å². The quantitative estimate of drug-likeness (QED) is 0.400. The fourth-order valence-corrected chi connectivity index (χ4v) is 4.11. The first-order chi connectivity index (χ1) is 16.0. The summed E-state index contributed by atoms with van der Waals surface area (Å²) in [6.07, 6.45) is 11.0. The third-order valence-corrected chi connectivity index (χ3v) is 5.58. The molecule has 3 aromatic carbocycles. The van der Waals surface area contributed by atoms with Gasteiger partial charge in [-0.3, -0.25) is 9.69 Å². The minimum Gasteiger partial charge on any atom is -0.477 e. The lowest BCUT2D eigenvalue weighted by molar-refractivity contribution is -0.425. The van der Waals surface area contributed by atoms with Crippen LogP contribution in [0, 0.1) is 6.92 Å². The maximum absolute atomic E-state index is 12.0. The summed E-state index contributed by atoms with van der Waals surface area (Å²) in [5, 5.41) is 11.7. The van der Waals surface area contributed by atoms with E-state index in [2.05, 4.69) is 13.0 Å². The largest absolute Gasteiger partial charge is 0.477 e. The molecular formula is C28H25N2O3+. The van der Waals surface area contributed by atoms with Crippen molar-refractivity contribution in [2.75, 3.05) is 11.4 Å². The number of hydrogen-bond acceptors (Lipinski definition) is 2. The van der Waals surface area contributed by atoms with E-state index < -0.39 is 5.97 Å². The normalized spacial score (nSPS) is 13.2. The molecule has 0 unspecified atom stereocenters. The zero-order valence-corrected chi connectivity index (χ0v) is 18.6. The summed E-state index contributed by atoms with van der Waals surface area (Å²) in [5.74, 6) is -0.959. The highest BCUT2D eigenvalue weighted by Crippen LogP contribution is 2.37. The predicted octanol–water partition coefficient (Wildman–Crippen LogP) is 5.36. The van der Waals surface area contributed by atoms with Gasteiger partial charge in [0, 0.05) is 31.0 Å². The highest BCUT2D eigenvalue weighted by Gasteiger charge is 2.32. The van der Waals surface area contributed by atoms with E-state index in [1.807, 2.05) is 83.5 Å². The Balaban J connectivity index is 1.60. The number of carboxylic acid groups (broad SMARTS) is 1. The van der Waals surface area contributed by atoms with E-state index in [0.29, 0.717) is 0 Å². The van der Waals surface area contributed by atoms with E-state index in [0.717, 1.165) is 39.0 Å². The second kappa shape index (κ2) is 9.49. The molecule has 0 saturated heterocycles. The zero-order valence-electron chi connectivity index (χ0n) is 18.6. The molecular weight excluding hydrogens is 412 g/mol. The standard InChI is InChI=1S/C28H24N2O3/c1-20-16-17-26-28-23(20)13-10-14-24(28)25(30(26)19-27(32)33)15-8-3-4-9-18-29(21(2)31)22-11-6-5-7-12-22/h3-18H,19H2,1-2H3/p+1. The minimum atomic E-state index is -0.883. The summed E-state index contributed by atoms with van der Waals surface area (Å²) in [7, 11) is 0. The number of hydrogen-bond donors (Lipinski definition) is 1. The lowest BCUT2D eigenvalue weighted by Crippen LogP contribution is -2.21. The Kier molecular flexibility index (Phi) is 6.31. The SMILES string of the molecule is CC(=O)N(/C=C/C=C/C=C/C1=[N+](CC(=O)O)c2ccc(C)c3cccc1c23)c1ccccc1. The number of carboxylic acids is 1. The van der Waals surface area contributed by atoms with Gasteiger partial charge in [-0.15, -0.1) is 0 Å². The van der Waals surface area contributed by atoms with Crippen molar-refractivity contribution in [3.8, 4) is 0 Å². The fraction of sp³-hybridized carbons (Fsp3) is 0.107. The molecule has 5 heteroatoms. The lowest BCUT2D eigenvalue weighted by Gasteiger charge is -2.15. The monoisotopic (exact) mass is 437 g/mol. The first-order valence-corrected chi connectivity index (χ1v) is 10.7. The van der Waals surface area contributed by atoms with Crippen LogP contribution in [0.3, 0.4) is 0 Å². The number of para-hydroxylation sites is 1. The van der Waals surface area contributed by atoms with Gasteiger partial charge in [-0.2, -0.15) is 4.58 Å². The number of rotatable bonds is 7. The number of amides is 1. The van der Waals surface area contributed by atoms with Crippen molar-refractivity contribution in [2.24, 2.45) is 0 Å². The maximum atomic E-state index is 12.0. The van der Waals surface area contributed by atoms with E-state index >= 15 is 0 Å². The molecule has 0 saturated carbocycles. The first kappa shape index (κ1) is 22.0. The number of aryl methyl sites for hydroxylation is 1. The Bertz CT molecular complexity index is 1350. The van der Waals surface area contributed by atoms with Crippen molar-refractivity contribution in [1.29, 1.82) is 0 Å². The van der Waals surface area contributed by atoms with Crippen LogP contribution in [0.2, 0.25) is 0 Å². The van der Waals surface area contributed by atoms with E-state index in [9.17, 15) is 14.7 Å². The highest BCUT2D eigenvalue weighted by atomic mass is 16.4. The summed E-state index contributed by atoms with van der Waals surface area (Å²) in [6, 6.07) is 19.6. The molecule has 0 spiro atoms. The minimum absolute atomic E-state index is 0.0756. The third-order valence-electron chi connectivity index (χ3n) is 5.58. The van der Waals surface area contributed by atoms with Gasteiger partial charge in [0.2, 0.25) is 23.9 Å². The molecule has 164 valence electrons. The number of carbonyl (C=O) groups is 2. The average molecular weight is 438 g/mol. The van der Waals surface area contributed by atoms with Crippen molar-refractivity contribution < 1.29 is 19.3 Å². The number of anilines is 1. The number of carbonyl (C=O) groups excluding carboxylic acids is 1. The highest BCUT2D eigenvalue weighted by molar-refractivity contribution is 6.20. The van der Waals surface area contributed by atoms with Crippen LogP contribution in [0.5, 0.6) is 0 Å². The molecule has 33 heavy (non-hydrogen) atoms. The predicted molar refractivity (Wildman–Crippen MR) is 132 cm³/mol. The molecule has 3 aromatic rings. The summed E-state index contributed by atoms with van der Waals surface area (Å²) in [5.41, 5.74) is 4.76. The molecule has 0 radical (unpaired) electrons. The second-order valence-electron chi connectivity index (χ2n) is 7.80. The molecule has 1 N–H and O–H groups in total. The third kappa shape index (κ3) is 4.53. The molecule has 0 atom stereocenters. The Morgan fingerprint density at radius 2 is 1.70 bits per heavy atom. The van der Waals surface area contributed by atoms with E-state index in [-0.39, 0.29) is 12.5 Å². The van der Waals surface area contributed by atoms with Gasteiger partial charge >= 0.3 is 5.97 Å². The summed E-state index contributed by atoms with van der Waals surface area (Å²) < 4.78 is 1.84. The number of allylic oxidation sites excluding steroid dienone is 5. The van der Waals surface area contributed by atoms with Crippen molar-refractivity contribution >= 4 is 39.7 Å². The molecule has 1 aliphatic rings. The van der Waals surface area contributed by atoms with Gasteiger partial charge in [-0.05, 0) is 42.1 Å². The van der Waals surface area contributed by atoms with Crippen LogP contribution in [0.25, 0.3) is 10.8 Å². The Hall–Kier alpha value is -4.25. The van der Waals surface area contributed by atoms with Crippen molar-refractivity contribution in [1.82, 2.24) is 0 Å². The van der Waals surface area contributed by atoms with Crippen LogP contribution in [0.4, 0.5) is 11.4 Å². The number of nitrogens with zero attached hydrogens (tertiary/aromatic N) is 2. The molecule has 0 bridgehead atoms. The van der Waals surface area contributed by atoms with Crippen LogP contribution in [-0.2, 0) is 9.59 Å². The molecule has 0 aromatic heterocycles. The van der Waals surface area contributed by atoms with Crippen molar-refractivity contribution in [3.05, 3.63) is 108 Å². The average Bonchev–Trinajstić information content (AvgIpc) is 3.09. The molecule has 1 aliphatic heterocycles.